The molecule has 1 aromatic carbocycles. The van der Waals surface area contributed by atoms with E-state index in [-0.39, 0.29) is 23.7 Å². The molecule has 150 valence electrons. The van der Waals surface area contributed by atoms with Crippen LogP contribution in [0.3, 0.4) is 0 Å². The summed E-state index contributed by atoms with van der Waals surface area (Å²) in [7, 11) is 3.55. The van der Waals surface area contributed by atoms with E-state index in [2.05, 4.69) is 26.0 Å². The zero-order valence-electron chi connectivity index (χ0n) is 17.4. The summed E-state index contributed by atoms with van der Waals surface area (Å²) >= 11 is 0. The molecule has 0 radical (unpaired) electrons. The van der Waals surface area contributed by atoms with E-state index >= 15 is 0 Å². The molecule has 27 heavy (non-hydrogen) atoms. The van der Waals surface area contributed by atoms with Gasteiger partial charge in [-0.3, -0.25) is 0 Å². The highest BCUT2D eigenvalue weighted by atomic mass is 16.5. The number of nitrogens with zero attached hydrogens (tertiary/aromatic N) is 1. The molecule has 1 heterocycles. The minimum atomic E-state index is -0.112. The van der Waals surface area contributed by atoms with Crippen LogP contribution in [0.2, 0.25) is 0 Å². The summed E-state index contributed by atoms with van der Waals surface area (Å²) in [6.45, 7) is 8.17. The number of aryl methyl sites for hydroxylation is 2. The SMILES string of the molecule is COC1CCC(OC)C2(C1)C[N+]2(CCCOc1ccc(C)cc1C)C(C)=O. The summed E-state index contributed by atoms with van der Waals surface area (Å²) in [4.78, 5) is 12.6. The van der Waals surface area contributed by atoms with Crippen molar-refractivity contribution in [2.75, 3.05) is 33.9 Å². The lowest BCUT2D eigenvalue weighted by molar-refractivity contribution is -0.757. The molecule has 0 aromatic heterocycles. The molecule has 1 aliphatic heterocycles. The molecule has 2 fully saturated rings. The molecule has 3 rings (SSSR count). The van der Waals surface area contributed by atoms with Gasteiger partial charge in [-0.1, -0.05) is 17.7 Å². The van der Waals surface area contributed by atoms with Crippen LogP contribution in [0, 0.1) is 13.8 Å². The molecule has 4 unspecified atom stereocenters. The number of hydrogen-bond acceptors (Lipinski definition) is 4. The Morgan fingerprint density at radius 1 is 1.22 bits per heavy atom. The van der Waals surface area contributed by atoms with Crippen LogP contribution in [0.5, 0.6) is 5.75 Å². The Morgan fingerprint density at radius 3 is 2.63 bits per heavy atom. The summed E-state index contributed by atoms with van der Waals surface area (Å²) in [6.07, 6.45) is 4.07. The second-order valence-corrected chi connectivity index (χ2v) is 8.31. The smallest absolute Gasteiger partial charge is 0.311 e. The van der Waals surface area contributed by atoms with E-state index in [4.69, 9.17) is 14.2 Å². The van der Waals surface area contributed by atoms with Gasteiger partial charge in [0.2, 0.25) is 0 Å². The van der Waals surface area contributed by atoms with Gasteiger partial charge in [-0.25, -0.2) is 9.28 Å². The lowest BCUT2D eigenvalue weighted by Crippen LogP contribution is -2.52. The fraction of sp³-hybridized carbons (Fsp3) is 0.682. The Kier molecular flexibility index (Phi) is 5.94. The summed E-state index contributed by atoms with van der Waals surface area (Å²) in [5.41, 5.74) is 2.28. The highest BCUT2D eigenvalue weighted by molar-refractivity contribution is 5.68. The number of hydrogen-bond donors (Lipinski definition) is 0. The topological polar surface area (TPSA) is 44.8 Å². The van der Waals surface area contributed by atoms with E-state index in [0.717, 1.165) is 50.1 Å². The Bertz CT molecular complexity index is 691. The van der Waals surface area contributed by atoms with E-state index in [0.29, 0.717) is 11.1 Å². The summed E-state index contributed by atoms with van der Waals surface area (Å²) < 4.78 is 18.0. The minimum Gasteiger partial charge on any atom is -0.493 e. The third kappa shape index (κ3) is 3.65. The number of methoxy groups -OCH3 is 2. The standard InChI is InChI=1S/C22H34NO4/c1-16-7-9-20(17(2)13-16)27-12-6-11-23(18(3)24)15-22(23)14-19(25-4)8-10-21(22)26-5/h7,9,13,19,21H,6,8,10-12,14-15H2,1-5H3/q+1. The van der Waals surface area contributed by atoms with Crippen LogP contribution in [-0.2, 0) is 14.3 Å². The van der Waals surface area contributed by atoms with Crippen LogP contribution in [0.15, 0.2) is 18.2 Å². The van der Waals surface area contributed by atoms with Gasteiger partial charge >= 0.3 is 5.91 Å². The molecule has 1 amide bonds. The first-order chi connectivity index (χ1) is 12.9. The highest BCUT2D eigenvalue weighted by Gasteiger charge is 2.77. The molecule has 2 aliphatic rings. The normalized spacial score (nSPS) is 32.5. The second kappa shape index (κ2) is 7.90. The zero-order chi connectivity index (χ0) is 19.7. The maximum atomic E-state index is 12.6. The van der Waals surface area contributed by atoms with E-state index < -0.39 is 0 Å². The van der Waals surface area contributed by atoms with Crippen molar-refractivity contribution in [3.8, 4) is 5.75 Å². The zero-order valence-corrected chi connectivity index (χ0v) is 17.4. The van der Waals surface area contributed by atoms with Crippen molar-refractivity contribution in [1.29, 1.82) is 0 Å². The van der Waals surface area contributed by atoms with Crippen LogP contribution in [0.4, 0.5) is 0 Å². The van der Waals surface area contributed by atoms with E-state index in [1.807, 2.05) is 6.07 Å². The summed E-state index contributed by atoms with van der Waals surface area (Å²) in [5.74, 6) is 1.17. The van der Waals surface area contributed by atoms with Crippen molar-refractivity contribution in [3.05, 3.63) is 29.3 Å². The molecule has 0 bridgehead atoms. The fourth-order valence-corrected chi connectivity index (χ4v) is 5.18. The van der Waals surface area contributed by atoms with E-state index in [1.54, 1.807) is 21.1 Å². The largest absolute Gasteiger partial charge is 0.493 e. The number of rotatable bonds is 7. The van der Waals surface area contributed by atoms with Gasteiger partial charge in [-0.15, -0.1) is 0 Å². The lowest BCUT2D eigenvalue weighted by atomic mass is 9.83. The van der Waals surface area contributed by atoms with Crippen molar-refractivity contribution >= 4 is 5.91 Å². The van der Waals surface area contributed by atoms with Gasteiger partial charge < -0.3 is 14.2 Å². The van der Waals surface area contributed by atoms with Gasteiger partial charge in [0, 0.05) is 27.1 Å². The number of amides is 1. The van der Waals surface area contributed by atoms with Crippen LogP contribution >= 0.6 is 0 Å². The highest BCUT2D eigenvalue weighted by Crippen LogP contribution is 2.54. The number of carbonyl (C=O) groups excluding carboxylic acids is 1. The van der Waals surface area contributed by atoms with Crippen molar-refractivity contribution < 1.29 is 23.5 Å². The number of ether oxygens (including phenoxy) is 3. The number of benzene rings is 1. The number of quaternary nitrogens is 1. The van der Waals surface area contributed by atoms with Gasteiger partial charge in [0.15, 0.2) is 5.54 Å². The minimum absolute atomic E-state index is 0.112. The van der Waals surface area contributed by atoms with Gasteiger partial charge in [0.25, 0.3) is 0 Å². The lowest BCUT2D eigenvalue weighted by Gasteiger charge is -2.35. The van der Waals surface area contributed by atoms with Crippen LogP contribution in [0.25, 0.3) is 0 Å². The average Bonchev–Trinajstić information content (AvgIpc) is 3.28. The first kappa shape index (κ1) is 20.3. The Hall–Kier alpha value is -1.43. The molecule has 0 N–H and O–H groups in total. The van der Waals surface area contributed by atoms with Crippen LogP contribution in [-0.4, -0.2) is 62.1 Å². The molecule has 1 saturated carbocycles. The first-order valence-electron chi connectivity index (χ1n) is 10.0. The Balaban J connectivity index is 1.63. The summed E-state index contributed by atoms with van der Waals surface area (Å²) in [6, 6.07) is 6.24. The maximum absolute atomic E-state index is 12.6. The first-order valence-corrected chi connectivity index (χ1v) is 10.0. The Morgan fingerprint density at radius 2 is 2.00 bits per heavy atom. The maximum Gasteiger partial charge on any atom is 0.311 e. The van der Waals surface area contributed by atoms with Crippen molar-refractivity contribution in [2.45, 2.75) is 64.2 Å². The van der Waals surface area contributed by atoms with Crippen LogP contribution < -0.4 is 4.74 Å². The molecule has 4 atom stereocenters. The molecule has 1 aromatic rings. The second-order valence-electron chi connectivity index (χ2n) is 8.31. The molecule has 1 spiro atoms. The molecule has 5 heteroatoms. The molecule has 1 aliphatic carbocycles. The number of carbonyl (C=O) groups is 1. The average molecular weight is 377 g/mol. The Labute approximate surface area is 163 Å². The monoisotopic (exact) mass is 376 g/mol. The predicted octanol–water partition coefficient (Wildman–Crippen LogP) is 3.40. The third-order valence-corrected chi connectivity index (χ3v) is 6.72. The van der Waals surface area contributed by atoms with E-state index in [9.17, 15) is 4.79 Å². The van der Waals surface area contributed by atoms with Gasteiger partial charge in [0.1, 0.15) is 18.4 Å². The van der Waals surface area contributed by atoms with Gasteiger partial charge in [-0.05, 0) is 38.3 Å². The van der Waals surface area contributed by atoms with Crippen molar-refractivity contribution in [3.63, 3.8) is 0 Å². The molecular formula is C22H34NO4+. The van der Waals surface area contributed by atoms with Crippen LogP contribution in [0.1, 0.15) is 43.7 Å². The molecule has 1 saturated heterocycles. The van der Waals surface area contributed by atoms with Gasteiger partial charge in [-0.2, -0.15) is 0 Å². The van der Waals surface area contributed by atoms with E-state index in [1.165, 1.54) is 5.56 Å². The van der Waals surface area contributed by atoms with Crippen molar-refractivity contribution in [2.24, 2.45) is 0 Å². The summed E-state index contributed by atoms with van der Waals surface area (Å²) in [5, 5.41) is 0. The molecular weight excluding hydrogens is 342 g/mol. The molecule has 5 nitrogen and oxygen atoms in total. The quantitative estimate of drug-likeness (QED) is 0.416. The fourth-order valence-electron chi connectivity index (χ4n) is 5.18. The predicted molar refractivity (Wildman–Crippen MR) is 105 cm³/mol. The third-order valence-electron chi connectivity index (χ3n) is 6.72. The van der Waals surface area contributed by atoms with Crippen molar-refractivity contribution in [1.82, 2.24) is 0 Å². The van der Waals surface area contributed by atoms with Gasteiger partial charge in [0.05, 0.1) is 26.2 Å².